The monoisotopic (exact) mass is 215 g/mol. The number of nitrogens with zero attached hydrogens (tertiary/aromatic N) is 2. The maximum atomic E-state index is 10.7. The molecule has 1 saturated heterocycles. The topological polar surface area (TPSA) is 58.8 Å². The Balaban J connectivity index is 2.36. The molecule has 1 rings (SSSR count). The first-order valence-electron chi connectivity index (χ1n) is 5.28. The Kier molecular flexibility index (Phi) is 3.93. The Labute approximate surface area is 91.2 Å². The van der Waals surface area contributed by atoms with E-state index < -0.39 is 11.7 Å². The summed E-state index contributed by atoms with van der Waals surface area (Å²) in [4.78, 5) is 15.3. The molecule has 88 valence electrons. The molecule has 1 heterocycles. The average Bonchev–Trinajstić information content (AvgIpc) is 2.06. The number of ether oxygens (including phenoxy) is 1. The Morgan fingerprint density at radius 3 is 2.33 bits per heavy atom. The van der Waals surface area contributed by atoms with Crippen LogP contribution in [0, 0.1) is 0 Å². The molecule has 5 heteroatoms. The first-order valence-corrected chi connectivity index (χ1v) is 5.28. The third-order valence-corrected chi connectivity index (χ3v) is 2.58. The van der Waals surface area contributed by atoms with Crippen LogP contribution in [0.1, 0.15) is 13.8 Å². The summed E-state index contributed by atoms with van der Waals surface area (Å²) in [5.41, 5.74) is 4.52. The van der Waals surface area contributed by atoms with Crippen molar-refractivity contribution in [3.8, 4) is 0 Å². The van der Waals surface area contributed by atoms with Crippen molar-refractivity contribution in [3.05, 3.63) is 0 Å². The fourth-order valence-electron chi connectivity index (χ4n) is 1.85. The molecule has 0 spiro atoms. The van der Waals surface area contributed by atoms with Gasteiger partial charge < -0.3 is 15.4 Å². The van der Waals surface area contributed by atoms with Crippen LogP contribution in [-0.4, -0.2) is 61.3 Å². The fourth-order valence-corrected chi connectivity index (χ4v) is 1.85. The number of hydrogen-bond acceptors (Lipinski definition) is 4. The summed E-state index contributed by atoms with van der Waals surface area (Å²) in [5.74, 6) is 0. The summed E-state index contributed by atoms with van der Waals surface area (Å²) < 4.78 is 5.05. The summed E-state index contributed by atoms with van der Waals surface area (Å²) in [5, 5.41) is 0. The molecule has 0 radical (unpaired) electrons. The molecule has 0 aliphatic carbocycles. The number of amides is 1. The van der Waals surface area contributed by atoms with Crippen LogP contribution in [0.25, 0.3) is 0 Å². The molecule has 1 aliphatic heterocycles. The van der Waals surface area contributed by atoms with Gasteiger partial charge in [0.1, 0.15) is 5.60 Å². The van der Waals surface area contributed by atoms with Crippen LogP contribution in [0.2, 0.25) is 0 Å². The Bertz CT molecular complexity index is 223. The van der Waals surface area contributed by atoms with Gasteiger partial charge in [-0.2, -0.15) is 0 Å². The molecule has 0 aromatic carbocycles. The van der Waals surface area contributed by atoms with Gasteiger partial charge in [0.2, 0.25) is 0 Å². The van der Waals surface area contributed by atoms with Crippen molar-refractivity contribution in [2.75, 3.05) is 39.8 Å². The number of carbonyl (C=O) groups excluding carboxylic acids is 1. The van der Waals surface area contributed by atoms with E-state index in [9.17, 15) is 4.79 Å². The minimum absolute atomic E-state index is 0.498. The van der Waals surface area contributed by atoms with Gasteiger partial charge in [-0.1, -0.05) is 0 Å². The highest BCUT2D eigenvalue weighted by Gasteiger charge is 2.26. The van der Waals surface area contributed by atoms with Crippen molar-refractivity contribution in [1.29, 1.82) is 0 Å². The smallest absolute Gasteiger partial charge is 0.405 e. The lowest BCUT2D eigenvalue weighted by molar-refractivity contribution is 0.00547. The molecular weight excluding hydrogens is 194 g/mol. The normalized spacial score (nSPS) is 20.2. The second kappa shape index (κ2) is 4.81. The van der Waals surface area contributed by atoms with Crippen molar-refractivity contribution in [2.45, 2.75) is 19.4 Å². The third kappa shape index (κ3) is 4.48. The van der Waals surface area contributed by atoms with E-state index in [0.717, 1.165) is 32.7 Å². The van der Waals surface area contributed by atoms with E-state index in [-0.39, 0.29) is 0 Å². The Morgan fingerprint density at radius 1 is 1.33 bits per heavy atom. The summed E-state index contributed by atoms with van der Waals surface area (Å²) in [6.45, 7) is 8.67. The van der Waals surface area contributed by atoms with Crippen molar-refractivity contribution < 1.29 is 9.53 Å². The molecule has 0 unspecified atom stereocenters. The van der Waals surface area contributed by atoms with E-state index in [2.05, 4.69) is 16.8 Å². The maximum absolute atomic E-state index is 10.7. The molecule has 1 fully saturated rings. The highest BCUT2D eigenvalue weighted by atomic mass is 16.6. The molecule has 1 aliphatic rings. The van der Waals surface area contributed by atoms with E-state index in [4.69, 9.17) is 10.5 Å². The van der Waals surface area contributed by atoms with Gasteiger partial charge >= 0.3 is 6.09 Å². The number of hydrogen-bond donors (Lipinski definition) is 1. The molecule has 2 N–H and O–H groups in total. The van der Waals surface area contributed by atoms with Crippen LogP contribution < -0.4 is 5.73 Å². The molecule has 15 heavy (non-hydrogen) atoms. The first-order chi connectivity index (χ1) is 6.89. The zero-order valence-corrected chi connectivity index (χ0v) is 9.82. The van der Waals surface area contributed by atoms with E-state index in [1.54, 1.807) is 0 Å². The van der Waals surface area contributed by atoms with Crippen LogP contribution in [0.15, 0.2) is 0 Å². The maximum Gasteiger partial charge on any atom is 0.405 e. The predicted octanol–water partition coefficient (Wildman–Crippen LogP) is 0.108. The van der Waals surface area contributed by atoms with Gasteiger partial charge in [-0.25, -0.2) is 4.79 Å². The van der Waals surface area contributed by atoms with Gasteiger partial charge in [0.15, 0.2) is 0 Å². The van der Waals surface area contributed by atoms with Crippen molar-refractivity contribution in [3.63, 3.8) is 0 Å². The van der Waals surface area contributed by atoms with Crippen molar-refractivity contribution in [1.82, 2.24) is 9.80 Å². The predicted molar refractivity (Wildman–Crippen MR) is 58.7 cm³/mol. The number of primary amides is 1. The standard InChI is InChI=1S/C10H21N3O2/c1-10(2,15-9(11)14)8-13-6-4-12(3)5-7-13/h4-8H2,1-3H3,(H2,11,14). The zero-order valence-electron chi connectivity index (χ0n) is 9.82. The summed E-state index contributed by atoms with van der Waals surface area (Å²) in [6.07, 6.45) is -0.700. The van der Waals surface area contributed by atoms with Gasteiger partial charge in [0.05, 0.1) is 0 Å². The van der Waals surface area contributed by atoms with Gasteiger partial charge in [-0.3, -0.25) is 4.90 Å². The van der Waals surface area contributed by atoms with E-state index in [0.29, 0.717) is 0 Å². The van der Waals surface area contributed by atoms with Crippen LogP contribution in [0.5, 0.6) is 0 Å². The zero-order chi connectivity index (χ0) is 11.5. The SMILES string of the molecule is CN1CCN(CC(C)(C)OC(N)=O)CC1. The van der Waals surface area contributed by atoms with Gasteiger partial charge in [-0.15, -0.1) is 0 Å². The molecule has 0 bridgehead atoms. The number of rotatable bonds is 3. The van der Waals surface area contributed by atoms with E-state index in [1.165, 1.54) is 0 Å². The molecule has 0 aromatic heterocycles. The Hall–Kier alpha value is -0.810. The molecule has 1 amide bonds. The first kappa shape index (κ1) is 12.3. The van der Waals surface area contributed by atoms with E-state index >= 15 is 0 Å². The minimum Gasteiger partial charge on any atom is -0.442 e. The van der Waals surface area contributed by atoms with E-state index in [1.807, 2.05) is 13.8 Å². The van der Waals surface area contributed by atoms with Gasteiger partial charge in [-0.05, 0) is 20.9 Å². The number of piperazine rings is 1. The van der Waals surface area contributed by atoms with Crippen LogP contribution in [0.4, 0.5) is 4.79 Å². The Morgan fingerprint density at radius 2 is 1.87 bits per heavy atom. The third-order valence-electron chi connectivity index (χ3n) is 2.58. The second-order valence-electron chi connectivity index (χ2n) is 4.76. The lowest BCUT2D eigenvalue weighted by Crippen LogP contribution is -2.50. The molecule has 0 aromatic rings. The minimum atomic E-state index is -0.700. The average molecular weight is 215 g/mol. The largest absolute Gasteiger partial charge is 0.442 e. The van der Waals surface area contributed by atoms with Crippen molar-refractivity contribution in [2.24, 2.45) is 5.73 Å². The number of nitrogens with two attached hydrogens (primary N) is 1. The molecule has 0 saturated carbocycles. The van der Waals surface area contributed by atoms with Crippen molar-refractivity contribution >= 4 is 6.09 Å². The lowest BCUT2D eigenvalue weighted by atomic mass is 10.1. The van der Waals surface area contributed by atoms with Gasteiger partial charge in [0.25, 0.3) is 0 Å². The highest BCUT2D eigenvalue weighted by Crippen LogP contribution is 2.12. The fraction of sp³-hybridized carbons (Fsp3) is 0.900. The number of carbonyl (C=O) groups is 1. The quantitative estimate of drug-likeness (QED) is 0.726. The summed E-state index contributed by atoms with van der Waals surface area (Å²) in [6, 6.07) is 0. The molecule has 5 nitrogen and oxygen atoms in total. The van der Waals surface area contributed by atoms with Gasteiger partial charge in [0, 0.05) is 32.7 Å². The second-order valence-corrected chi connectivity index (χ2v) is 4.76. The molecule has 0 atom stereocenters. The summed E-state index contributed by atoms with van der Waals surface area (Å²) >= 11 is 0. The summed E-state index contributed by atoms with van der Waals surface area (Å²) in [7, 11) is 2.11. The van der Waals surface area contributed by atoms with Crippen LogP contribution >= 0.6 is 0 Å². The van der Waals surface area contributed by atoms with Crippen LogP contribution in [0.3, 0.4) is 0 Å². The lowest BCUT2D eigenvalue weighted by Gasteiger charge is -2.37. The number of likely N-dealkylation sites (N-methyl/N-ethyl adjacent to an activating group) is 1. The van der Waals surface area contributed by atoms with Crippen LogP contribution in [-0.2, 0) is 4.74 Å². The highest BCUT2D eigenvalue weighted by molar-refractivity contribution is 5.65. The molecular formula is C10H21N3O2.